The van der Waals surface area contributed by atoms with Gasteiger partial charge in [0, 0.05) is 25.3 Å². The molecule has 5 amide bonds. The molecule has 1 aromatic rings. The summed E-state index contributed by atoms with van der Waals surface area (Å²) in [6, 6.07) is 5.95. The van der Waals surface area contributed by atoms with Gasteiger partial charge in [0.05, 0.1) is 0 Å². The van der Waals surface area contributed by atoms with E-state index in [9.17, 15) is 19.2 Å². The number of hydrogen-bond donors (Lipinski definition) is 2. The largest absolute Gasteiger partial charge is 0.345 e. The fourth-order valence-electron chi connectivity index (χ4n) is 3.94. The highest BCUT2D eigenvalue weighted by Gasteiger charge is 2.55. The number of urea groups is 1. The number of carbonyl (C=O) groups is 4. The predicted molar refractivity (Wildman–Crippen MR) is 104 cm³/mol. The highest BCUT2D eigenvalue weighted by atomic mass is 16.2. The lowest BCUT2D eigenvalue weighted by molar-refractivity contribution is -0.136. The summed E-state index contributed by atoms with van der Waals surface area (Å²) in [4.78, 5) is 52.0. The average Bonchev–Trinajstić information content (AvgIpc) is 2.89. The molecule has 1 aliphatic carbocycles. The van der Waals surface area contributed by atoms with Crippen LogP contribution in [0.2, 0.25) is 0 Å². The Labute approximate surface area is 164 Å². The topological polar surface area (TPSA) is 98.8 Å². The van der Waals surface area contributed by atoms with Crippen molar-refractivity contribution in [3.05, 3.63) is 29.8 Å². The van der Waals surface area contributed by atoms with E-state index in [-0.39, 0.29) is 24.3 Å². The van der Waals surface area contributed by atoms with Crippen molar-refractivity contribution in [2.24, 2.45) is 5.92 Å². The van der Waals surface area contributed by atoms with E-state index < -0.39 is 17.5 Å². The Hall–Kier alpha value is -2.90. The van der Waals surface area contributed by atoms with Gasteiger partial charge in [-0.2, -0.15) is 0 Å². The third kappa shape index (κ3) is 3.58. The second-order valence-corrected chi connectivity index (χ2v) is 7.76. The number of benzene rings is 1. The Morgan fingerprint density at radius 1 is 1.21 bits per heavy atom. The molecule has 1 heterocycles. The summed E-state index contributed by atoms with van der Waals surface area (Å²) in [5.41, 5.74) is 0.127. The van der Waals surface area contributed by atoms with E-state index in [2.05, 4.69) is 10.6 Å². The molecule has 3 rings (SSSR count). The molecular formula is C20H26N4O4. The maximum absolute atomic E-state index is 12.9. The van der Waals surface area contributed by atoms with Gasteiger partial charge in [0.25, 0.3) is 11.8 Å². The first kappa shape index (κ1) is 19.9. The fraction of sp³-hybridized carbons (Fsp3) is 0.500. The molecule has 150 valence electrons. The molecule has 1 spiro atoms. The molecule has 8 nitrogen and oxygen atoms in total. The third-order valence-corrected chi connectivity index (χ3v) is 5.62. The first-order chi connectivity index (χ1) is 13.2. The van der Waals surface area contributed by atoms with E-state index in [0.29, 0.717) is 17.7 Å². The van der Waals surface area contributed by atoms with Gasteiger partial charge in [0.1, 0.15) is 12.1 Å². The van der Waals surface area contributed by atoms with Gasteiger partial charge in [0.2, 0.25) is 5.91 Å². The van der Waals surface area contributed by atoms with Gasteiger partial charge in [-0.3, -0.25) is 19.3 Å². The molecule has 0 bridgehead atoms. The van der Waals surface area contributed by atoms with Crippen LogP contribution >= 0.6 is 0 Å². The van der Waals surface area contributed by atoms with Gasteiger partial charge in [-0.15, -0.1) is 0 Å². The normalized spacial score (nSPS) is 24.2. The van der Waals surface area contributed by atoms with Gasteiger partial charge in [-0.1, -0.05) is 19.8 Å². The molecule has 0 aromatic heterocycles. The van der Waals surface area contributed by atoms with Crippen molar-refractivity contribution in [2.75, 3.05) is 26.0 Å². The van der Waals surface area contributed by atoms with Crippen molar-refractivity contribution >= 4 is 29.4 Å². The summed E-state index contributed by atoms with van der Waals surface area (Å²) >= 11 is 0. The van der Waals surface area contributed by atoms with Gasteiger partial charge in [-0.05, 0) is 43.0 Å². The lowest BCUT2D eigenvalue weighted by atomic mass is 9.73. The summed E-state index contributed by atoms with van der Waals surface area (Å²) in [6.45, 7) is 1.63. The van der Waals surface area contributed by atoms with Crippen LogP contribution in [0.4, 0.5) is 10.5 Å². The molecule has 2 fully saturated rings. The van der Waals surface area contributed by atoms with Gasteiger partial charge in [0.15, 0.2) is 0 Å². The zero-order chi connectivity index (χ0) is 20.5. The number of anilines is 1. The lowest BCUT2D eigenvalue weighted by Crippen LogP contribution is -2.54. The molecule has 28 heavy (non-hydrogen) atoms. The number of nitrogens with one attached hydrogen (secondary N) is 2. The zero-order valence-electron chi connectivity index (χ0n) is 16.4. The van der Waals surface area contributed by atoms with Crippen molar-refractivity contribution in [1.82, 2.24) is 15.1 Å². The molecule has 1 saturated carbocycles. The van der Waals surface area contributed by atoms with Crippen molar-refractivity contribution in [3.63, 3.8) is 0 Å². The van der Waals surface area contributed by atoms with Crippen molar-refractivity contribution in [2.45, 2.75) is 38.1 Å². The molecule has 1 saturated heterocycles. The monoisotopic (exact) mass is 386 g/mol. The van der Waals surface area contributed by atoms with Crippen molar-refractivity contribution in [3.8, 4) is 0 Å². The molecule has 8 heteroatoms. The maximum Gasteiger partial charge on any atom is 0.325 e. The molecule has 1 aromatic carbocycles. The smallest absolute Gasteiger partial charge is 0.325 e. The summed E-state index contributed by atoms with van der Waals surface area (Å²) in [5, 5.41) is 5.50. The molecule has 0 radical (unpaired) electrons. The number of hydrogen-bond acceptors (Lipinski definition) is 4. The number of nitrogens with zero attached hydrogens (tertiary/aromatic N) is 2. The van der Waals surface area contributed by atoms with E-state index in [0.717, 1.165) is 24.2 Å². The standard InChI is InChI=1S/C20H26N4O4/c1-13-6-4-5-11-20(13)18(27)24(19(28)22-20)12-16(25)21-15-9-7-14(8-10-15)17(26)23(2)3/h7-10,13H,4-6,11-12H2,1-3H3,(H,21,25)(H,22,28)/t13-,20+/m1/s1. The van der Waals surface area contributed by atoms with E-state index in [4.69, 9.17) is 0 Å². The Balaban J connectivity index is 1.64. The molecule has 2 aliphatic rings. The van der Waals surface area contributed by atoms with E-state index in [1.807, 2.05) is 6.92 Å². The lowest BCUT2D eigenvalue weighted by Gasteiger charge is -2.36. The second-order valence-electron chi connectivity index (χ2n) is 7.76. The molecule has 2 N–H and O–H groups in total. The quantitative estimate of drug-likeness (QED) is 0.771. The minimum Gasteiger partial charge on any atom is -0.345 e. The molecule has 0 unspecified atom stereocenters. The van der Waals surface area contributed by atoms with Crippen molar-refractivity contribution < 1.29 is 19.2 Å². The van der Waals surface area contributed by atoms with Crippen LogP contribution < -0.4 is 10.6 Å². The average molecular weight is 386 g/mol. The third-order valence-electron chi connectivity index (χ3n) is 5.62. The van der Waals surface area contributed by atoms with Crippen LogP contribution in [0.15, 0.2) is 24.3 Å². The summed E-state index contributed by atoms with van der Waals surface area (Å²) < 4.78 is 0. The number of amides is 5. The highest BCUT2D eigenvalue weighted by Crippen LogP contribution is 2.38. The van der Waals surface area contributed by atoms with Gasteiger partial charge in [-0.25, -0.2) is 4.79 Å². The van der Waals surface area contributed by atoms with Crippen LogP contribution in [0.5, 0.6) is 0 Å². The Kier molecular flexibility index (Phi) is 5.40. The van der Waals surface area contributed by atoms with E-state index in [1.54, 1.807) is 38.4 Å². The zero-order valence-corrected chi connectivity index (χ0v) is 16.4. The van der Waals surface area contributed by atoms with Gasteiger partial charge >= 0.3 is 6.03 Å². The Bertz CT molecular complexity index is 805. The summed E-state index contributed by atoms with van der Waals surface area (Å²) in [7, 11) is 3.33. The highest BCUT2D eigenvalue weighted by molar-refractivity contribution is 6.10. The van der Waals surface area contributed by atoms with Crippen molar-refractivity contribution in [1.29, 1.82) is 0 Å². The van der Waals surface area contributed by atoms with Crippen LogP contribution in [0.1, 0.15) is 43.0 Å². The summed E-state index contributed by atoms with van der Waals surface area (Å²) in [5.74, 6) is -0.862. The SMILES string of the molecule is C[C@@H]1CCCC[C@]12NC(=O)N(CC(=O)Nc1ccc(C(=O)N(C)C)cc1)C2=O. The Morgan fingerprint density at radius 2 is 1.89 bits per heavy atom. The van der Waals surface area contributed by atoms with E-state index in [1.165, 1.54) is 4.90 Å². The number of carbonyl (C=O) groups excluding carboxylic acids is 4. The fourth-order valence-corrected chi connectivity index (χ4v) is 3.94. The molecule has 2 atom stereocenters. The van der Waals surface area contributed by atoms with E-state index >= 15 is 0 Å². The first-order valence-electron chi connectivity index (χ1n) is 9.50. The van der Waals surface area contributed by atoms with Crippen LogP contribution in [0.25, 0.3) is 0 Å². The summed E-state index contributed by atoms with van der Waals surface area (Å²) in [6.07, 6.45) is 3.41. The maximum atomic E-state index is 12.9. The predicted octanol–water partition coefficient (Wildman–Crippen LogP) is 1.83. The number of imide groups is 1. The minimum atomic E-state index is -0.871. The second kappa shape index (κ2) is 7.61. The molecule has 1 aliphatic heterocycles. The molecular weight excluding hydrogens is 360 g/mol. The van der Waals surface area contributed by atoms with Crippen LogP contribution in [0, 0.1) is 5.92 Å². The first-order valence-corrected chi connectivity index (χ1v) is 9.50. The van der Waals surface area contributed by atoms with Crippen LogP contribution in [-0.2, 0) is 9.59 Å². The minimum absolute atomic E-state index is 0.0486. The van der Waals surface area contributed by atoms with Gasteiger partial charge < -0.3 is 15.5 Å². The van der Waals surface area contributed by atoms with Crippen LogP contribution in [0.3, 0.4) is 0 Å². The van der Waals surface area contributed by atoms with Crippen LogP contribution in [-0.4, -0.2) is 59.7 Å². The Morgan fingerprint density at radius 3 is 2.50 bits per heavy atom. The number of rotatable bonds is 4.